The number of likely N-dealkylation sites (N-methyl/N-ethyl adjacent to an activating group) is 2. The van der Waals surface area contributed by atoms with E-state index < -0.39 is 12.2 Å². The van der Waals surface area contributed by atoms with Gasteiger partial charge in [-0.05, 0) is 42.0 Å². The van der Waals surface area contributed by atoms with Crippen molar-refractivity contribution < 1.29 is 17.5 Å². The molecule has 0 saturated heterocycles. The summed E-state index contributed by atoms with van der Waals surface area (Å²) in [4.78, 5) is 23.7. The van der Waals surface area contributed by atoms with Crippen molar-refractivity contribution >= 4 is 12.2 Å². The predicted octanol–water partition coefficient (Wildman–Crippen LogP) is 1.04. The fourth-order valence-corrected chi connectivity index (χ4v) is 0.326. The van der Waals surface area contributed by atoms with E-state index in [1.54, 1.807) is 51.8 Å². The molecule has 5 heteroatoms. The summed E-state index contributed by atoms with van der Waals surface area (Å²) in [6, 6.07) is -0.648. The third-order valence-corrected chi connectivity index (χ3v) is 2.08. The van der Waals surface area contributed by atoms with E-state index in [-0.39, 0.29) is 20.9 Å². The van der Waals surface area contributed by atoms with E-state index in [9.17, 15) is 9.59 Å². The van der Waals surface area contributed by atoms with Gasteiger partial charge in [-0.3, -0.25) is 9.69 Å². The van der Waals surface area contributed by atoms with E-state index in [0.717, 1.165) is 0 Å². The Hall–Kier alpha value is -0.940. The van der Waals surface area contributed by atoms with E-state index in [1.165, 1.54) is 0 Å². The molecule has 0 aromatic carbocycles. The number of aldehydes is 1. The maximum Gasteiger partial charge on any atom is 0.320 e. The quantitative estimate of drug-likeness (QED) is 0.742. The molecular formula is C11H28N2O3. The molecule has 1 N–H and O–H groups in total. The lowest BCUT2D eigenvalue weighted by molar-refractivity contribution is -0.141. The van der Waals surface area contributed by atoms with Gasteiger partial charge in [0.25, 0.3) is 0 Å². The van der Waals surface area contributed by atoms with Crippen molar-refractivity contribution in [3.8, 4) is 0 Å². The van der Waals surface area contributed by atoms with Crippen molar-refractivity contribution in [3.63, 3.8) is 0 Å². The fourth-order valence-electron chi connectivity index (χ4n) is 0.326. The van der Waals surface area contributed by atoms with Gasteiger partial charge in [-0.1, -0.05) is 7.43 Å². The second-order valence-corrected chi connectivity index (χ2v) is 3.74. The minimum Gasteiger partial charge on any atom is -0.480 e. The Labute approximate surface area is 102 Å². The molecule has 0 aliphatic carbocycles. The van der Waals surface area contributed by atoms with Crippen LogP contribution in [-0.2, 0) is 9.59 Å². The highest BCUT2D eigenvalue weighted by Crippen LogP contribution is 1.88. The minimum atomic E-state index is -0.782. The molecule has 0 aromatic heterocycles. The molecule has 0 saturated carbocycles. The Morgan fingerprint density at radius 3 is 1.69 bits per heavy atom. The number of carbonyl (C=O) groups excluding carboxylic acids is 1. The maximum absolute atomic E-state index is 10.2. The highest BCUT2D eigenvalue weighted by Gasteiger charge is 2.11. The average molecular weight is 238 g/mol. The van der Waals surface area contributed by atoms with Crippen LogP contribution in [0.5, 0.6) is 0 Å². The van der Waals surface area contributed by atoms with Gasteiger partial charge in [-0.2, -0.15) is 0 Å². The summed E-state index contributed by atoms with van der Waals surface area (Å²) in [5, 5.41) is 8.31. The molecule has 100 valence electrons. The van der Waals surface area contributed by atoms with E-state index in [1.807, 2.05) is 0 Å². The van der Waals surface area contributed by atoms with E-state index in [2.05, 4.69) is 0 Å². The number of nitrogens with zero attached hydrogens (tertiary/aromatic N) is 2. The third-order valence-electron chi connectivity index (χ3n) is 2.08. The van der Waals surface area contributed by atoms with Crippen LogP contribution in [0.25, 0.3) is 0 Å². The van der Waals surface area contributed by atoms with Gasteiger partial charge in [-0.25, -0.2) is 0 Å². The van der Waals surface area contributed by atoms with Crippen LogP contribution < -0.4 is 0 Å². The summed E-state index contributed by atoms with van der Waals surface area (Å²) in [7, 11) is 7.02. The van der Waals surface area contributed by atoms with E-state index in [4.69, 9.17) is 6.48 Å². The molecule has 0 bridgehead atoms. The fraction of sp³-hybridized carbons (Fsp3) is 0.818. The lowest BCUT2D eigenvalue weighted by Crippen LogP contribution is -2.32. The van der Waals surface area contributed by atoms with Crippen LogP contribution in [0.4, 0.5) is 0 Å². The minimum absolute atomic E-state index is 0. The number of carbonyl (C=O) groups is 2. The zero-order valence-electron chi connectivity index (χ0n) is 11.3. The molecule has 2 atom stereocenters. The molecule has 0 fully saturated rings. The zero-order chi connectivity index (χ0) is 13.5. The van der Waals surface area contributed by atoms with Crippen LogP contribution in [0.15, 0.2) is 0 Å². The first-order valence-electron chi connectivity index (χ1n) is 5.17. The Bertz CT molecular complexity index is 212. The second kappa shape index (κ2) is 10.6. The lowest BCUT2D eigenvalue weighted by Gasteiger charge is -2.13. The Kier molecular flexibility index (Phi) is 11.5. The van der Waals surface area contributed by atoms with Gasteiger partial charge in [0, 0.05) is 1.43 Å². The number of hydrogen-bond acceptors (Lipinski definition) is 4. The maximum atomic E-state index is 10.2. The van der Waals surface area contributed by atoms with Crippen molar-refractivity contribution in [2.45, 2.75) is 33.4 Å². The SMILES string of the molecule is C.CC(C(=O)O)N(C)C.[2HH].[2H]C(=O)C(C)N(C)C. The van der Waals surface area contributed by atoms with Crippen molar-refractivity contribution in [2.24, 2.45) is 0 Å². The third kappa shape index (κ3) is 11.1. The van der Waals surface area contributed by atoms with Gasteiger partial charge >= 0.3 is 5.97 Å². The first-order valence-corrected chi connectivity index (χ1v) is 4.67. The first-order chi connectivity index (χ1) is 7.11. The molecule has 0 aliphatic rings. The summed E-state index contributed by atoms with van der Waals surface area (Å²) < 4.78 is 6.63. The van der Waals surface area contributed by atoms with Crippen molar-refractivity contribution in [1.29, 1.82) is 0 Å². The van der Waals surface area contributed by atoms with E-state index >= 15 is 0 Å². The van der Waals surface area contributed by atoms with Gasteiger partial charge in [0.15, 0.2) is 0 Å². The van der Waals surface area contributed by atoms with Gasteiger partial charge in [0.1, 0.15) is 13.7 Å². The van der Waals surface area contributed by atoms with Crippen molar-refractivity contribution in [1.82, 2.24) is 9.80 Å². The van der Waals surface area contributed by atoms with Gasteiger partial charge in [-0.15, -0.1) is 0 Å². The van der Waals surface area contributed by atoms with Crippen LogP contribution in [0.3, 0.4) is 0 Å². The molecule has 0 spiro atoms. The number of carboxylic acids is 1. The molecular weight excluding hydrogens is 208 g/mol. The number of carboxylic acid groups (broad SMARTS) is 1. The normalized spacial score (nSPS) is 14.1. The molecule has 16 heavy (non-hydrogen) atoms. The highest BCUT2D eigenvalue weighted by atomic mass is 16.4. The number of rotatable bonds is 4. The highest BCUT2D eigenvalue weighted by molar-refractivity contribution is 5.72. The average Bonchev–Trinajstić information content (AvgIpc) is 2.15. The monoisotopic (exact) mass is 238 g/mol. The Morgan fingerprint density at radius 1 is 1.31 bits per heavy atom. The van der Waals surface area contributed by atoms with Crippen LogP contribution in [0.2, 0.25) is 0 Å². The molecule has 5 nitrogen and oxygen atoms in total. The Morgan fingerprint density at radius 2 is 1.69 bits per heavy atom. The molecule has 0 rings (SSSR count). The van der Waals surface area contributed by atoms with Crippen LogP contribution in [0, 0.1) is 0 Å². The largest absolute Gasteiger partial charge is 0.480 e. The summed E-state index contributed by atoms with van der Waals surface area (Å²) >= 11 is 0. The first kappa shape index (κ1) is 17.5. The molecule has 2 unspecified atom stereocenters. The topological polar surface area (TPSA) is 60.9 Å². The van der Waals surface area contributed by atoms with Crippen molar-refractivity contribution in [2.75, 3.05) is 28.2 Å². The zero-order valence-corrected chi connectivity index (χ0v) is 10.3. The van der Waals surface area contributed by atoms with Gasteiger partial charge in [0.2, 0.25) is 0 Å². The Balaban J connectivity index is -0.0000000980. The van der Waals surface area contributed by atoms with Crippen LogP contribution >= 0.6 is 0 Å². The van der Waals surface area contributed by atoms with Crippen LogP contribution in [-0.4, -0.2) is 67.4 Å². The van der Waals surface area contributed by atoms with E-state index in [0.29, 0.717) is 0 Å². The number of hydrogen-bond donors (Lipinski definition) is 1. The van der Waals surface area contributed by atoms with Gasteiger partial charge in [0.05, 0.1) is 6.04 Å². The smallest absolute Gasteiger partial charge is 0.320 e. The summed E-state index contributed by atoms with van der Waals surface area (Å²) in [6.07, 6.45) is -0.532. The molecule has 0 radical (unpaired) electrons. The number of aliphatic carboxylic acids is 1. The summed E-state index contributed by atoms with van der Waals surface area (Å²) in [5.74, 6) is -0.782. The standard InChI is InChI=1S/C5H11NO2.C5H11NO.CH4.H2/c1-4(5(7)8)6(2)3;1-5(4-7)6(2)3;;/h4H,1-3H3,(H,7,8);4-5H,1-3H3;1H4;1H/i;4D;;1+1. The lowest BCUT2D eigenvalue weighted by atomic mass is 10.3. The van der Waals surface area contributed by atoms with Crippen molar-refractivity contribution in [3.05, 3.63) is 0 Å². The van der Waals surface area contributed by atoms with Crippen LogP contribution in [0.1, 0.15) is 24.1 Å². The van der Waals surface area contributed by atoms with Gasteiger partial charge < -0.3 is 14.8 Å². The molecule has 0 amide bonds. The second-order valence-electron chi connectivity index (χ2n) is 3.74. The molecule has 0 heterocycles. The summed E-state index contributed by atoms with van der Waals surface area (Å²) in [5.41, 5.74) is 0. The predicted molar refractivity (Wildman–Crippen MR) is 68.8 cm³/mol. The molecule has 0 aromatic rings. The molecule has 0 aliphatic heterocycles. The summed E-state index contributed by atoms with van der Waals surface area (Å²) in [6.45, 7) is 3.34.